The lowest BCUT2D eigenvalue weighted by Crippen LogP contribution is -2.49. The fraction of sp³-hybridized carbons (Fsp3) is 0.529. The van der Waals surface area contributed by atoms with Crippen LogP contribution in [-0.4, -0.2) is 16.8 Å². The maximum Gasteiger partial charge on any atom is 0.189 e. The second kappa shape index (κ2) is 11.2. The van der Waals surface area contributed by atoms with Gasteiger partial charge in [-0.15, -0.1) is 0 Å². The van der Waals surface area contributed by atoms with Crippen LogP contribution in [0, 0.1) is 12.8 Å². The second-order valence-electron chi connectivity index (χ2n) is 5.65. The van der Waals surface area contributed by atoms with Gasteiger partial charge in [0, 0.05) is 12.2 Å². The van der Waals surface area contributed by atoms with Crippen molar-refractivity contribution in [3.63, 3.8) is 0 Å². The standard InChI is InChI=1S/C17H28N4S2/c1-4-6-10-14(5-2)12-18-16(22)20-21-17(23)19-15-11-8-7-9-13(15)3/h7-9,11,14H,4-6,10,12H2,1-3H3,(H2,18,20,22)(H2,19,21,23)/t14-/m1/s1. The third kappa shape index (κ3) is 8.13. The van der Waals surface area contributed by atoms with E-state index >= 15 is 0 Å². The highest BCUT2D eigenvalue weighted by molar-refractivity contribution is 7.80. The molecule has 4 nitrogen and oxygen atoms in total. The predicted octanol–water partition coefficient (Wildman–Crippen LogP) is 3.88. The van der Waals surface area contributed by atoms with E-state index in [0.29, 0.717) is 16.1 Å². The first-order valence-corrected chi connectivity index (χ1v) is 9.04. The topological polar surface area (TPSA) is 48.1 Å². The normalized spacial score (nSPS) is 11.4. The van der Waals surface area contributed by atoms with Crippen molar-refractivity contribution in [2.75, 3.05) is 11.9 Å². The van der Waals surface area contributed by atoms with Gasteiger partial charge in [0.25, 0.3) is 0 Å². The number of para-hydroxylation sites is 1. The van der Waals surface area contributed by atoms with E-state index in [-0.39, 0.29) is 0 Å². The Balaban J connectivity index is 2.27. The SMILES string of the molecule is CCCC[C@@H](CC)CNC(=S)NNC(=S)Nc1ccccc1C. The number of hydrogen-bond donors (Lipinski definition) is 4. The Bertz CT molecular complexity index is 505. The first-order chi connectivity index (χ1) is 11.1. The highest BCUT2D eigenvalue weighted by Gasteiger charge is 2.06. The van der Waals surface area contributed by atoms with E-state index in [1.54, 1.807) is 0 Å². The van der Waals surface area contributed by atoms with Gasteiger partial charge in [0.1, 0.15) is 0 Å². The van der Waals surface area contributed by atoms with Crippen molar-refractivity contribution in [2.45, 2.75) is 46.5 Å². The van der Waals surface area contributed by atoms with Crippen LogP contribution in [0.2, 0.25) is 0 Å². The molecule has 0 unspecified atom stereocenters. The van der Waals surface area contributed by atoms with Crippen LogP contribution >= 0.6 is 24.4 Å². The molecule has 4 N–H and O–H groups in total. The first-order valence-electron chi connectivity index (χ1n) is 8.23. The summed E-state index contributed by atoms with van der Waals surface area (Å²) in [6.45, 7) is 7.37. The average Bonchev–Trinajstić information content (AvgIpc) is 2.55. The van der Waals surface area contributed by atoms with Crippen molar-refractivity contribution >= 4 is 40.3 Å². The second-order valence-corrected chi connectivity index (χ2v) is 6.46. The molecular weight excluding hydrogens is 324 g/mol. The van der Waals surface area contributed by atoms with Crippen LogP contribution in [0.5, 0.6) is 0 Å². The van der Waals surface area contributed by atoms with Gasteiger partial charge in [0.2, 0.25) is 0 Å². The van der Waals surface area contributed by atoms with E-state index in [9.17, 15) is 0 Å². The molecule has 0 radical (unpaired) electrons. The van der Waals surface area contributed by atoms with E-state index in [4.69, 9.17) is 24.4 Å². The number of benzene rings is 1. The smallest absolute Gasteiger partial charge is 0.189 e. The molecule has 0 aromatic heterocycles. The fourth-order valence-corrected chi connectivity index (χ4v) is 2.50. The highest BCUT2D eigenvalue weighted by Crippen LogP contribution is 2.12. The Morgan fingerprint density at radius 2 is 1.78 bits per heavy atom. The number of unbranched alkanes of at least 4 members (excludes halogenated alkanes) is 1. The maximum absolute atomic E-state index is 5.27. The largest absolute Gasteiger partial charge is 0.361 e. The van der Waals surface area contributed by atoms with Gasteiger partial charge in [0.05, 0.1) is 0 Å². The van der Waals surface area contributed by atoms with Gasteiger partial charge in [-0.25, -0.2) is 0 Å². The summed E-state index contributed by atoms with van der Waals surface area (Å²) in [6, 6.07) is 7.99. The first kappa shape index (κ1) is 19.6. The van der Waals surface area contributed by atoms with E-state index in [0.717, 1.165) is 24.2 Å². The monoisotopic (exact) mass is 352 g/mol. The summed E-state index contributed by atoms with van der Waals surface area (Å²) in [6.07, 6.45) is 4.91. The number of anilines is 1. The van der Waals surface area contributed by atoms with Crippen LogP contribution in [0.3, 0.4) is 0 Å². The lowest BCUT2D eigenvalue weighted by Gasteiger charge is -2.18. The number of hydrogen-bond acceptors (Lipinski definition) is 2. The lowest BCUT2D eigenvalue weighted by atomic mass is 9.99. The third-order valence-electron chi connectivity index (χ3n) is 3.78. The summed E-state index contributed by atoms with van der Waals surface area (Å²) in [5.74, 6) is 0.659. The van der Waals surface area contributed by atoms with Crippen LogP contribution in [0.1, 0.15) is 45.1 Å². The zero-order chi connectivity index (χ0) is 17.1. The van der Waals surface area contributed by atoms with Crippen LogP contribution in [0.25, 0.3) is 0 Å². The molecule has 0 bridgehead atoms. The van der Waals surface area contributed by atoms with Crippen molar-refractivity contribution in [2.24, 2.45) is 5.92 Å². The van der Waals surface area contributed by atoms with E-state index in [1.807, 2.05) is 31.2 Å². The van der Waals surface area contributed by atoms with Crippen LogP contribution in [0.4, 0.5) is 5.69 Å². The Hall–Kier alpha value is -1.40. The van der Waals surface area contributed by atoms with Gasteiger partial charge in [-0.3, -0.25) is 10.9 Å². The minimum Gasteiger partial charge on any atom is -0.361 e. The van der Waals surface area contributed by atoms with Crippen LogP contribution < -0.4 is 21.5 Å². The van der Waals surface area contributed by atoms with Crippen molar-refractivity contribution in [3.8, 4) is 0 Å². The van der Waals surface area contributed by atoms with Gasteiger partial charge >= 0.3 is 0 Å². The van der Waals surface area contributed by atoms with Gasteiger partial charge in [-0.2, -0.15) is 0 Å². The molecule has 1 rings (SSSR count). The molecule has 0 aliphatic carbocycles. The van der Waals surface area contributed by atoms with Crippen molar-refractivity contribution in [3.05, 3.63) is 29.8 Å². The molecule has 128 valence electrons. The van der Waals surface area contributed by atoms with Gasteiger partial charge in [0.15, 0.2) is 10.2 Å². The average molecular weight is 353 g/mol. The third-order valence-corrected chi connectivity index (χ3v) is 4.23. The number of thiocarbonyl (C=S) groups is 2. The van der Waals surface area contributed by atoms with Gasteiger partial charge in [-0.05, 0) is 55.3 Å². The summed E-state index contributed by atoms with van der Waals surface area (Å²) in [7, 11) is 0. The number of aryl methyl sites for hydroxylation is 1. The van der Waals surface area contributed by atoms with Crippen LogP contribution in [-0.2, 0) is 0 Å². The van der Waals surface area contributed by atoms with Crippen molar-refractivity contribution in [1.82, 2.24) is 16.2 Å². The zero-order valence-corrected chi connectivity index (χ0v) is 15.9. The minimum absolute atomic E-state index is 0.487. The Labute approximate surface area is 150 Å². The molecule has 0 heterocycles. The predicted molar refractivity (Wildman–Crippen MR) is 108 cm³/mol. The molecular formula is C17H28N4S2. The van der Waals surface area contributed by atoms with Crippen molar-refractivity contribution in [1.29, 1.82) is 0 Å². The summed E-state index contributed by atoms with van der Waals surface area (Å²) >= 11 is 10.5. The molecule has 0 aliphatic rings. The van der Waals surface area contributed by atoms with Gasteiger partial charge < -0.3 is 10.6 Å². The Morgan fingerprint density at radius 1 is 1.09 bits per heavy atom. The Morgan fingerprint density at radius 3 is 2.43 bits per heavy atom. The molecule has 0 saturated heterocycles. The van der Waals surface area contributed by atoms with Crippen molar-refractivity contribution < 1.29 is 0 Å². The Kier molecular flexibility index (Phi) is 9.55. The molecule has 1 atom stereocenters. The van der Waals surface area contributed by atoms with E-state index in [1.165, 1.54) is 19.3 Å². The molecule has 6 heteroatoms. The number of hydrazine groups is 1. The number of nitrogens with one attached hydrogen (secondary N) is 4. The lowest BCUT2D eigenvalue weighted by molar-refractivity contribution is 0.444. The summed E-state index contributed by atoms with van der Waals surface area (Å²) < 4.78 is 0. The van der Waals surface area contributed by atoms with E-state index in [2.05, 4.69) is 35.3 Å². The quantitative estimate of drug-likeness (QED) is 0.441. The fourth-order valence-electron chi connectivity index (χ4n) is 2.20. The molecule has 0 amide bonds. The highest BCUT2D eigenvalue weighted by atomic mass is 32.1. The van der Waals surface area contributed by atoms with E-state index < -0.39 is 0 Å². The minimum atomic E-state index is 0.487. The summed E-state index contributed by atoms with van der Waals surface area (Å²) in [5.41, 5.74) is 7.95. The summed E-state index contributed by atoms with van der Waals surface area (Å²) in [5, 5.41) is 7.43. The maximum atomic E-state index is 5.27. The van der Waals surface area contributed by atoms with Gasteiger partial charge in [-0.1, -0.05) is 51.3 Å². The molecule has 0 spiro atoms. The molecule has 1 aromatic carbocycles. The molecule has 1 aromatic rings. The molecule has 0 saturated carbocycles. The zero-order valence-electron chi connectivity index (χ0n) is 14.2. The molecule has 0 aliphatic heterocycles. The summed E-state index contributed by atoms with van der Waals surface area (Å²) in [4.78, 5) is 0. The number of rotatable bonds is 7. The van der Waals surface area contributed by atoms with Crippen LogP contribution in [0.15, 0.2) is 24.3 Å². The molecule has 0 fully saturated rings. The molecule has 23 heavy (non-hydrogen) atoms.